The van der Waals surface area contributed by atoms with Gasteiger partial charge in [0.2, 0.25) is 0 Å². The number of ketones is 1. The zero-order valence-corrected chi connectivity index (χ0v) is 16.2. The van der Waals surface area contributed by atoms with Crippen LogP contribution in [0.4, 0.5) is 0 Å². The number of Topliss-reactive ketones (excluding diaryl/α,β-unsaturated/α-hetero) is 1. The van der Waals surface area contributed by atoms with Crippen molar-refractivity contribution in [1.82, 2.24) is 9.88 Å². The lowest BCUT2D eigenvalue weighted by Crippen LogP contribution is -2.32. The van der Waals surface area contributed by atoms with Crippen LogP contribution in [0.25, 0.3) is 0 Å². The highest BCUT2D eigenvalue weighted by Crippen LogP contribution is 2.37. The molecule has 2 heterocycles. The molecule has 1 unspecified atom stereocenters. The van der Waals surface area contributed by atoms with Gasteiger partial charge in [-0.05, 0) is 30.5 Å². The molecule has 1 amide bonds. The number of benzene rings is 1. The van der Waals surface area contributed by atoms with Crippen LogP contribution in [0, 0.1) is 0 Å². The molecule has 1 aromatic heterocycles. The summed E-state index contributed by atoms with van der Waals surface area (Å²) in [5.74, 6) is -1.11. The number of pyridine rings is 1. The number of aliphatic hydroxyl groups is 1. The molecular weight excluding hydrogens is 352 g/mol. The van der Waals surface area contributed by atoms with Crippen LogP contribution >= 0.6 is 0 Å². The number of hydrogen-bond donors (Lipinski definition) is 1. The van der Waals surface area contributed by atoms with E-state index in [9.17, 15) is 14.7 Å². The number of carbonyl (C=O) groups excluding carboxylic acids is 2. The Balaban J connectivity index is 1.85. The quantitative estimate of drug-likeness (QED) is 0.665. The van der Waals surface area contributed by atoms with Crippen LogP contribution in [0.15, 0.2) is 66.1 Å². The van der Waals surface area contributed by atoms with Gasteiger partial charge in [-0.25, -0.2) is 0 Å². The maximum atomic E-state index is 13.0. The highest BCUT2D eigenvalue weighted by molar-refractivity contribution is 6.08. The van der Waals surface area contributed by atoms with Gasteiger partial charge < -0.3 is 10.0 Å². The molecule has 1 aliphatic heterocycles. The first kappa shape index (κ1) is 19.8. The molecule has 0 radical (unpaired) electrons. The number of hydrogen-bond acceptors (Lipinski definition) is 4. The summed E-state index contributed by atoms with van der Waals surface area (Å²) < 4.78 is 0. The number of nitrogens with zero attached hydrogens (tertiary/aromatic N) is 2. The standard InChI is InChI=1S/C23H26N2O3/c1-2-3-9-16-25-21(18-12-7-8-15-24-18)20(22(27)23(25)28)19(26)14-13-17-10-5-4-6-11-17/h4-8,10-12,15,21,27H,2-3,9,13-14,16H2,1H3. The highest BCUT2D eigenvalue weighted by Gasteiger charge is 2.43. The van der Waals surface area contributed by atoms with E-state index in [1.807, 2.05) is 36.4 Å². The van der Waals surface area contributed by atoms with Crippen molar-refractivity contribution in [2.45, 2.75) is 45.1 Å². The lowest BCUT2D eigenvalue weighted by Gasteiger charge is -2.26. The van der Waals surface area contributed by atoms with Crippen LogP contribution < -0.4 is 0 Å². The molecule has 5 nitrogen and oxygen atoms in total. The summed E-state index contributed by atoms with van der Waals surface area (Å²) in [5.41, 5.74) is 1.84. The Morgan fingerprint density at radius 2 is 1.86 bits per heavy atom. The fourth-order valence-corrected chi connectivity index (χ4v) is 3.58. The van der Waals surface area contributed by atoms with Gasteiger partial charge in [0.1, 0.15) is 6.04 Å². The second kappa shape index (κ2) is 9.31. The van der Waals surface area contributed by atoms with Gasteiger partial charge in [0, 0.05) is 19.2 Å². The van der Waals surface area contributed by atoms with Crippen LogP contribution in [0.1, 0.15) is 49.9 Å². The summed E-state index contributed by atoms with van der Waals surface area (Å²) in [6, 6.07) is 14.5. The third-order valence-electron chi connectivity index (χ3n) is 5.06. The first-order valence-electron chi connectivity index (χ1n) is 9.85. The summed E-state index contributed by atoms with van der Waals surface area (Å²) in [4.78, 5) is 31.7. The largest absolute Gasteiger partial charge is 0.503 e. The first-order valence-corrected chi connectivity index (χ1v) is 9.85. The van der Waals surface area contributed by atoms with Gasteiger partial charge in [0.25, 0.3) is 5.91 Å². The van der Waals surface area contributed by atoms with Crippen molar-refractivity contribution < 1.29 is 14.7 Å². The van der Waals surface area contributed by atoms with Gasteiger partial charge in [-0.3, -0.25) is 14.6 Å². The van der Waals surface area contributed by atoms with Gasteiger partial charge in [-0.15, -0.1) is 0 Å². The van der Waals surface area contributed by atoms with Crippen LogP contribution in [0.2, 0.25) is 0 Å². The molecule has 0 spiro atoms. The SMILES string of the molecule is CCCCCN1C(=O)C(O)=C(C(=O)CCc2ccccc2)C1c1ccccn1. The Hall–Kier alpha value is -2.95. The molecule has 1 aliphatic rings. The van der Waals surface area contributed by atoms with E-state index in [1.54, 1.807) is 23.2 Å². The minimum atomic E-state index is -0.617. The van der Waals surface area contributed by atoms with Crippen LogP contribution in [-0.2, 0) is 16.0 Å². The molecule has 3 rings (SSSR count). The van der Waals surface area contributed by atoms with E-state index < -0.39 is 17.7 Å². The third kappa shape index (κ3) is 4.30. The highest BCUT2D eigenvalue weighted by atomic mass is 16.3. The topological polar surface area (TPSA) is 70.5 Å². The van der Waals surface area contributed by atoms with Crippen molar-refractivity contribution in [2.24, 2.45) is 0 Å². The molecule has 1 N–H and O–H groups in total. The Morgan fingerprint density at radius 1 is 1.11 bits per heavy atom. The summed E-state index contributed by atoms with van der Waals surface area (Å²) in [6.45, 7) is 2.59. The lowest BCUT2D eigenvalue weighted by molar-refractivity contribution is -0.129. The molecule has 0 saturated carbocycles. The van der Waals surface area contributed by atoms with Crippen LogP contribution in [-0.4, -0.2) is 33.2 Å². The van der Waals surface area contributed by atoms with Crippen molar-refractivity contribution in [1.29, 1.82) is 0 Å². The fourth-order valence-electron chi connectivity index (χ4n) is 3.58. The predicted octanol–water partition coefficient (Wildman–Crippen LogP) is 4.17. The van der Waals surface area contributed by atoms with Crippen LogP contribution in [0.5, 0.6) is 0 Å². The molecule has 0 bridgehead atoms. The molecule has 0 saturated heterocycles. The van der Waals surface area contributed by atoms with Crippen molar-refractivity contribution in [3.05, 3.63) is 77.3 Å². The number of aryl methyl sites for hydroxylation is 1. The number of amides is 1. The molecular formula is C23H26N2O3. The average molecular weight is 378 g/mol. The molecule has 0 aliphatic carbocycles. The van der Waals surface area contributed by atoms with E-state index in [-0.39, 0.29) is 17.8 Å². The minimum Gasteiger partial charge on any atom is -0.503 e. The Kier molecular flexibility index (Phi) is 6.58. The van der Waals surface area contributed by atoms with E-state index in [4.69, 9.17) is 0 Å². The molecule has 1 atom stereocenters. The lowest BCUT2D eigenvalue weighted by atomic mass is 9.95. The monoisotopic (exact) mass is 378 g/mol. The number of carbonyl (C=O) groups is 2. The molecule has 5 heteroatoms. The summed E-state index contributed by atoms with van der Waals surface area (Å²) in [7, 11) is 0. The number of aliphatic hydroxyl groups excluding tert-OH is 1. The zero-order chi connectivity index (χ0) is 19.9. The first-order chi connectivity index (χ1) is 13.6. The smallest absolute Gasteiger partial charge is 0.290 e. The van der Waals surface area contributed by atoms with Gasteiger partial charge in [0.05, 0.1) is 11.3 Å². The van der Waals surface area contributed by atoms with Gasteiger partial charge in [-0.1, -0.05) is 56.2 Å². The second-order valence-electron chi connectivity index (χ2n) is 7.03. The molecule has 28 heavy (non-hydrogen) atoms. The Labute approximate surface area is 165 Å². The molecule has 1 aromatic carbocycles. The molecule has 2 aromatic rings. The molecule has 146 valence electrons. The zero-order valence-electron chi connectivity index (χ0n) is 16.2. The Morgan fingerprint density at radius 3 is 2.54 bits per heavy atom. The van der Waals surface area contributed by atoms with E-state index in [1.165, 1.54) is 0 Å². The van der Waals surface area contributed by atoms with Crippen molar-refractivity contribution in [3.63, 3.8) is 0 Å². The summed E-state index contributed by atoms with van der Waals surface area (Å²) in [5, 5.41) is 10.5. The number of rotatable bonds is 9. The third-order valence-corrected chi connectivity index (χ3v) is 5.06. The van der Waals surface area contributed by atoms with Crippen molar-refractivity contribution >= 4 is 11.7 Å². The maximum absolute atomic E-state index is 13.0. The van der Waals surface area contributed by atoms with Crippen LogP contribution in [0.3, 0.4) is 0 Å². The van der Waals surface area contributed by atoms with Gasteiger partial charge in [0.15, 0.2) is 11.5 Å². The van der Waals surface area contributed by atoms with E-state index in [0.29, 0.717) is 18.7 Å². The van der Waals surface area contributed by atoms with Crippen molar-refractivity contribution in [3.8, 4) is 0 Å². The minimum absolute atomic E-state index is 0.177. The fraction of sp³-hybridized carbons (Fsp3) is 0.348. The summed E-state index contributed by atoms with van der Waals surface area (Å²) in [6.07, 6.45) is 5.28. The normalized spacial score (nSPS) is 16.7. The average Bonchev–Trinajstić information content (AvgIpc) is 2.98. The number of unbranched alkanes of at least 4 members (excludes halogenated alkanes) is 2. The predicted molar refractivity (Wildman–Crippen MR) is 108 cm³/mol. The van der Waals surface area contributed by atoms with E-state index in [0.717, 1.165) is 24.8 Å². The van der Waals surface area contributed by atoms with E-state index >= 15 is 0 Å². The second-order valence-corrected chi connectivity index (χ2v) is 7.03. The van der Waals surface area contributed by atoms with Gasteiger partial charge in [-0.2, -0.15) is 0 Å². The maximum Gasteiger partial charge on any atom is 0.290 e. The van der Waals surface area contributed by atoms with Gasteiger partial charge >= 0.3 is 0 Å². The molecule has 0 fully saturated rings. The van der Waals surface area contributed by atoms with Crippen molar-refractivity contribution in [2.75, 3.05) is 6.54 Å². The van der Waals surface area contributed by atoms with E-state index in [2.05, 4.69) is 11.9 Å². The number of aromatic nitrogens is 1. The Bertz CT molecular complexity index is 847. The summed E-state index contributed by atoms with van der Waals surface area (Å²) >= 11 is 0.